The van der Waals surface area contributed by atoms with Crippen molar-refractivity contribution >= 4 is 8.41 Å². The molecule has 1 heterocycles. The average Bonchev–Trinajstić information content (AvgIpc) is 2.92. The first-order valence-corrected chi connectivity index (χ1v) is 6.28. The van der Waals surface area contributed by atoms with Crippen molar-refractivity contribution in [3.63, 3.8) is 0 Å². The zero-order valence-electron chi connectivity index (χ0n) is 12.0. The van der Waals surface area contributed by atoms with Gasteiger partial charge in [-0.2, -0.15) is 0 Å². The molecule has 3 radical (unpaired) electrons. The number of hydrogen-bond donors (Lipinski definition) is 1. The Balaban J connectivity index is 0.00000162. The van der Waals surface area contributed by atoms with Crippen LogP contribution in [0.1, 0.15) is 46.2 Å². The number of rotatable bonds is 2. The Bertz CT molecular complexity index is 371. The highest BCUT2D eigenvalue weighted by molar-refractivity contribution is 5.75. The maximum atomic E-state index is 10.3. The fourth-order valence-corrected chi connectivity index (χ4v) is 2.79. The van der Waals surface area contributed by atoms with Gasteiger partial charge in [0.25, 0.3) is 0 Å². The van der Waals surface area contributed by atoms with E-state index >= 15 is 0 Å². The lowest BCUT2D eigenvalue weighted by molar-refractivity contribution is 0.0531. The summed E-state index contributed by atoms with van der Waals surface area (Å²) in [4.78, 5) is 2.39. The van der Waals surface area contributed by atoms with E-state index in [1.54, 1.807) is 0 Å². The molecule has 0 saturated carbocycles. The summed E-state index contributed by atoms with van der Waals surface area (Å²) in [6.07, 6.45) is 0. The van der Waals surface area contributed by atoms with Crippen LogP contribution in [-0.4, -0.2) is 35.6 Å². The minimum absolute atomic E-state index is 0. The second-order valence-electron chi connectivity index (χ2n) is 6.53. The van der Waals surface area contributed by atoms with Crippen LogP contribution >= 0.6 is 0 Å². The molecule has 1 fully saturated rings. The summed E-state index contributed by atoms with van der Waals surface area (Å²) in [5.41, 5.74) is 0.730. The number of aliphatic hydroxyl groups is 1. The van der Waals surface area contributed by atoms with Crippen molar-refractivity contribution < 1.29 is 5.11 Å². The normalized spacial score (nSPS) is 27.6. The molecule has 1 N–H and O–H groups in total. The van der Waals surface area contributed by atoms with Crippen LogP contribution in [0.15, 0.2) is 30.3 Å². The SMILES string of the molecule is CC(C)(O)[C@@H]1[C@H](c2ccccc2)N1C(C)(C)C.[B]. The molecule has 0 spiro atoms. The summed E-state index contributed by atoms with van der Waals surface area (Å²) in [6, 6.07) is 11.0. The van der Waals surface area contributed by atoms with Crippen LogP contribution in [0.25, 0.3) is 0 Å². The molecule has 97 valence electrons. The lowest BCUT2D eigenvalue weighted by Crippen LogP contribution is -2.36. The fraction of sp³-hybridized carbons (Fsp3) is 0.600. The fourth-order valence-electron chi connectivity index (χ4n) is 2.79. The third-order valence-electron chi connectivity index (χ3n) is 3.45. The minimum atomic E-state index is -0.659. The van der Waals surface area contributed by atoms with Crippen LogP contribution in [0.3, 0.4) is 0 Å². The zero-order chi connectivity index (χ0) is 12.8. The van der Waals surface area contributed by atoms with E-state index in [2.05, 4.69) is 49.9 Å². The average molecular weight is 244 g/mol. The highest BCUT2D eigenvalue weighted by atomic mass is 16.3. The monoisotopic (exact) mass is 244 g/mol. The van der Waals surface area contributed by atoms with E-state index in [1.807, 2.05) is 19.9 Å². The van der Waals surface area contributed by atoms with Crippen molar-refractivity contribution in [2.75, 3.05) is 0 Å². The molecular weight excluding hydrogens is 221 g/mol. The van der Waals surface area contributed by atoms with Crippen molar-refractivity contribution in [2.24, 2.45) is 0 Å². The first kappa shape index (κ1) is 15.3. The molecule has 1 aliphatic heterocycles. The Morgan fingerprint density at radius 2 is 1.50 bits per heavy atom. The van der Waals surface area contributed by atoms with Gasteiger partial charge in [0.2, 0.25) is 0 Å². The molecular formula is C15H23BNO. The van der Waals surface area contributed by atoms with E-state index in [9.17, 15) is 5.11 Å². The number of hydrogen-bond acceptors (Lipinski definition) is 2. The van der Waals surface area contributed by atoms with Crippen LogP contribution in [0.2, 0.25) is 0 Å². The van der Waals surface area contributed by atoms with Crippen LogP contribution in [0.5, 0.6) is 0 Å². The molecule has 2 rings (SSSR count). The third-order valence-corrected chi connectivity index (χ3v) is 3.45. The Kier molecular flexibility index (Phi) is 3.99. The van der Waals surface area contributed by atoms with Crippen molar-refractivity contribution in [1.29, 1.82) is 0 Å². The van der Waals surface area contributed by atoms with E-state index in [-0.39, 0.29) is 20.0 Å². The van der Waals surface area contributed by atoms with E-state index in [1.165, 1.54) is 5.56 Å². The summed E-state index contributed by atoms with van der Waals surface area (Å²) in [6.45, 7) is 10.4. The van der Waals surface area contributed by atoms with Crippen molar-refractivity contribution in [1.82, 2.24) is 4.90 Å². The van der Waals surface area contributed by atoms with Gasteiger partial charge in [-0.25, -0.2) is 0 Å². The molecule has 1 aromatic carbocycles. The quantitative estimate of drug-likeness (QED) is 0.638. The van der Waals surface area contributed by atoms with Crippen molar-refractivity contribution in [3.8, 4) is 0 Å². The largest absolute Gasteiger partial charge is 0.389 e. The zero-order valence-corrected chi connectivity index (χ0v) is 12.0. The summed E-state index contributed by atoms with van der Waals surface area (Å²) in [5.74, 6) is 0. The lowest BCUT2D eigenvalue weighted by Gasteiger charge is -2.25. The van der Waals surface area contributed by atoms with Gasteiger partial charge in [-0.15, -0.1) is 0 Å². The van der Waals surface area contributed by atoms with E-state index in [0.717, 1.165) is 0 Å². The topological polar surface area (TPSA) is 23.2 Å². The number of benzene rings is 1. The highest BCUT2D eigenvalue weighted by Gasteiger charge is 2.59. The molecule has 3 heteroatoms. The molecule has 0 aromatic heterocycles. The van der Waals surface area contributed by atoms with Gasteiger partial charge in [0.1, 0.15) is 0 Å². The Morgan fingerprint density at radius 1 is 1.00 bits per heavy atom. The molecule has 1 aliphatic rings. The summed E-state index contributed by atoms with van der Waals surface area (Å²) in [5, 5.41) is 10.3. The predicted octanol–water partition coefficient (Wildman–Crippen LogP) is 2.60. The summed E-state index contributed by atoms with van der Waals surface area (Å²) in [7, 11) is 0. The van der Waals surface area contributed by atoms with E-state index < -0.39 is 5.60 Å². The van der Waals surface area contributed by atoms with Crippen LogP contribution in [0, 0.1) is 0 Å². The standard InChI is InChI=1S/C15H23NO.B/c1-14(2,3)16-12(13(16)15(4,5)17)11-9-7-6-8-10-11;/h6-10,12-13,17H,1-5H3;/t12-,13-,16?;/m0./s1. The smallest absolute Gasteiger partial charge is 0.0765 e. The van der Waals surface area contributed by atoms with Gasteiger partial charge >= 0.3 is 0 Å². The van der Waals surface area contributed by atoms with Gasteiger partial charge in [0, 0.05) is 14.0 Å². The molecule has 0 amide bonds. The molecule has 1 aromatic rings. The van der Waals surface area contributed by atoms with E-state index in [0.29, 0.717) is 6.04 Å². The van der Waals surface area contributed by atoms with Gasteiger partial charge < -0.3 is 5.11 Å². The maximum absolute atomic E-state index is 10.3. The van der Waals surface area contributed by atoms with Gasteiger partial charge in [-0.1, -0.05) is 30.3 Å². The van der Waals surface area contributed by atoms with Crippen molar-refractivity contribution in [2.45, 2.75) is 57.8 Å². The lowest BCUT2D eigenvalue weighted by atomic mass is 9.99. The van der Waals surface area contributed by atoms with Gasteiger partial charge in [0.15, 0.2) is 0 Å². The second-order valence-corrected chi connectivity index (χ2v) is 6.53. The highest BCUT2D eigenvalue weighted by Crippen LogP contribution is 2.52. The second kappa shape index (κ2) is 4.71. The molecule has 18 heavy (non-hydrogen) atoms. The molecule has 0 bridgehead atoms. The van der Waals surface area contributed by atoms with E-state index in [4.69, 9.17) is 0 Å². The molecule has 2 nitrogen and oxygen atoms in total. The van der Waals surface area contributed by atoms with Gasteiger partial charge in [-0.05, 0) is 40.2 Å². The summed E-state index contributed by atoms with van der Waals surface area (Å²) < 4.78 is 0. The Labute approximate surface area is 113 Å². The number of nitrogens with zero attached hydrogens (tertiary/aromatic N) is 1. The molecule has 1 saturated heterocycles. The molecule has 0 aliphatic carbocycles. The maximum Gasteiger partial charge on any atom is 0.0765 e. The van der Waals surface area contributed by atoms with Crippen LogP contribution in [-0.2, 0) is 0 Å². The van der Waals surface area contributed by atoms with Crippen molar-refractivity contribution in [3.05, 3.63) is 35.9 Å². The first-order chi connectivity index (χ1) is 7.73. The van der Waals surface area contributed by atoms with Gasteiger partial charge in [0.05, 0.1) is 17.7 Å². The summed E-state index contributed by atoms with van der Waals surface area (Å²) >= 11 is 0. The van der Waals surface area contributed by atoms with Crippen LogP contribution < -0.4 is 0 Å². The Hall–Kier alpha value is -0.795. The Morgan fingerprint density at radius 3 is 1.83 bits per heavy atom. The molecule has 1 unspecified atom stereocenters. The predicted molar refractivity (Wildman–Crippen MR) is 76.6 cm³/mol. The van der Waals surface area contributed by atoms with Crippen LogP contribution in [0.4, 0.5) is 0 Å². The first-order valence-electron chi connectivity index (χ1n) is 6.28. The molecule has 3 atom stereocenters. The van der Waals surface area contributed by atoms with Gasteiger partial charge in [-0.3, -0.25) is 4.90 Å². The minimum Gasteiger partial charge on any atom is -0.389 e. The third kappa shape index (κ3) is 2.78.